The fraction of sp³-hybridized carbons (Fsp3) is 0.500. The molecule has 1 aliphatic rings. The summed E-state index contributed by atoms with van der Waals surface area (Å²) >= 11 is 0. The molecule has 3 nitrogen and oxygen atoms in total. The van der Waals surface area contributed by atoms with Crippen molar-refractivity contribution in [2.45, 2.75) is 19.3 Å². The van der Waals surface area contributed by atoms with Crippen LogP contribution in [0.4, 0.5) is 0 Å². The smallest absolute Gasteiger partial charge is 0.145 e. The van der Waals surface area contributed by atoms with Crippen LogP contribution >= 0.6 is 0 Å². The van der Waals surface area contributed by atoms with Crippen molar-refractivity contribution in [1.82, 2.24) is 0 Å². The Labute approximate surface area is 52.6 Å². The predicted octanol–water partition coefficient (Wildman–Crippen LogP) is 0.328. The van der Waals surface area contributed by atoms with Gasteiger partial charge in [-0.05, 0) is 0 Å². The first-order valence-corrected chi connectivity index (χ1v) is 2.78. The third-order valence-corrected chi connectivity index (χ3v) is 1.22. The molecule has 48 valence electrons. The van der Waals surface area contributed by atoms with Gasteiger partial charge in [-0.1, -0.05) is 0 Å². The normalized spacial score (nSPS) is 20.7. The molecule has 1 aliphatic carbocycles. The number of hydrogen-bond donors (Lipinski definition) is 1. The Morgan fingerprint density at radius 2 is 1.44 bits per heavy atom. The molecule has 0 aromatic rings. The molecule has 9 heavy (non-hydrogen) atoms. The molecule has 0 aromatic carbocycles. The van der Waals surface area contributed by atoms with Gasteiger partial charge in [0.05, 0.1) is 6.42 Å². The van der Waals surface area contributed by atoms with E-state index in [2.05, 4.69) is 0 Å². The van der Waals surface area contributed by atoms with Gasteiger partial charge in [-0.15, -0.1) is 0 Å². The Bertz CT molecular complexity index is 138. The zero-order valence-corrected chi connectivity index (χ0v) is 4.94. The van der Waals surface area contributed by atoms with Crippen LogP contribution in [-0.2, 0) is 9.59 Å². The summed E-state index contributed by atoms with van der Waals surface area (Å²) in [5.41, 5.74) is 0.260. The average molecular weight is 125 g/mol. The molecular weight excluding hydrogens is 118 g/mol. The van der Waals surface area contributed by atoms with E-state index in [-0.39, 0.29) is 36.5 Å². The molecule has 0 atom stereocenters. The van der Waals surface area contributed by atoms with Gasteiger partial charge in [0.2, 0.25) is 0 Å². The zero-order chi connectivity index (χ0) is 6.85. The number of carbonyl (C=O) groups excluding carboxylic acids is 2. The number of carbonyl (C=O) groups is 2. The van der Waals surface area contributed by atoms with Gasteiger partial charge in [0.25, 0.3) is 0 Å². The highest BCUT2D eigenvalue weighted by atomic mass is 16.1. The Morgan fingerprint density at radius 3 is 1.78 bits per heavy atom. The van der Waals surface area contributed by atoms with E-state index in [9.17, 15) is 9.59 Å². The van der Waals surface area contributed by atoms with Crippen LogP contribution < -0.4 is 0 Å². The van der Waals surface area contributed by atoms with Gasteiger partial charge in [0, 0.05) is 18.6 Å². The monoisotopic (exact) mass is 125 g/mol. The molecule has 0 radical (unpaired) electrons. The van der Waals surface area contributed by atoms with E-state index >= 15 is 0 Å². The summed E-state index contributed by atoms with van der Waals surface area (Å²) in [6.45, 7) is 0. The lowest BCUT2D eigenvalue weighted by molar-refractivity contribution is -0.126. The SMILES string of the molecule is N=C1CC(=O)CC(=O)C1. The summed E-state index contributed by atoms with van der Waals surface area (Å²) in [4.78, 5) is 21.0. The summed E-state index contributed by atoms with van der Waals surface area (Å²) in [7, 11) is 0. The molecular formula is C6H7NO2. The van der Waals surface area contributed by atoms with Crippen LogP contribution in [0.5, 0.6) is 0 Å². The molecule has 0 amide bonds. The average Bonchev–Trinajstić information content (AvgIpc) is 1.59. The molecule has 3 heteroatoms. The second kappa shape index (κ2) is 2.09. The van der Waals surface area contributed by atoms with E-state index < -0.39 is 0 Å². The molecule has 0 saturated heterocycles. The van der Waals surface area contributed by atoms with Gasteiger partial charge in [-0.25, -0.2) is 0 Å². The molecule has 0 aliphatic heterocycles. The maximum atomic E-state index is 10.5. The topological polar surface area (TPSA) is 58.0 Å². The second-order valence-electron chi connectivity index (χ2n) is 2.21. The van der Waals surface area contributed by atoms with Crippen molar-refractivity contribution in [2.75, 3.05) is 0 Å². The standard InChI is InChI=1S/C6H7NO2/c7-4-1-5(8)3-6(9)2-4/h7H,1-3H2. The van der Waals surface area contributed by atoms with E-state index in [0.29, 0.717) is 0 Å². The van der Waals surface area contributed by atoms with Crippen LogP contribution in [0.15, 0.2) is 0 Å². The van der Waals surface area contributed by atoms with Crippen molar-refractivity contribution in [3.05, 3.63) is 0 Å². The minimum atomic E-state index is -0.115. The third kappa shape index (κ3) is 1.45. The van der Waals surface area contributed by atoms with Crippen LogP contribution in [0.25, 0.3) is 0 Å². The van der Waals surface area contributed by atoms with Crippen LogP contribution in [0.2, 0.25) is 0 Å². The second-order valence-corrected chi connectivity index (χ2v) is 2.21. The predicted molar refractivity (Wildman–Crippen MR) is 31.6 cm³/mol. The minimum absolute atomic E-state index is 0.0440. The van der Waals surface area contributed by atoms with E-state index in [1.54, 1.807) is 0 Å². The van der Waals surface area contributed by atoms with E-state index in [1.165, 1.54) is 0 Å². The molecule has 1 rings (SSSR count). The minimum Gasteiger partial charge on any atom is -0.309 e. The highest BCUT2D eigenvalue weighted by Crippen LogP contribution is 2.06. The van der Waals surface area contributed by atoms with Gasteiger partial charge in [0.15, 0.2) is 0 Å². The molecule has 0 unspecified atom stereocenters. The highest BCUT2D eigenvalue weighted by Gasteiger charge is 2.19. The Balaban J connectivity index is 2.64. The Kier molecular flexibility index (Phi) is 1.42. The summed E-state index contributed by atoms with van der Waals surface area (Å²) in [6.07, 6.45) is 0.417. The molecule has 0 heterocycles. The van der Waals surface area contributed by atoms with Crippen molar-refractivity contribution in [1.29, 1.82) is 5.41 Å². The summed E-state index contributed by atoms with van der Waals surface area (Å²) in [5.74, 6) is -0.229. The third-order valence-electron chi connectivity index (χ3n) is 1.22. The molecule has 1 fully saturated rings. The summed E-state index contributed by atoms with van der Waals surface area (Å²) in [5, 5.41) is 7.01. The molecule has 0 aromatic heterocycles. The first kappa shape index (κ1) is 6.13. The number of Topliss-reactive ketones (excluding diaryl/α,β-unsaturated/α-hetero) is 2. The van der Waals surface area contributed by atoms with E-state index in [4.69, 9.17) is 5.41 Å². The lowest BCUT2D eigenvalue weighted by atomic mass is 9.96. The fourth-order valence-electron chi connectivity index (χ4n) is 0.883. The fourth-order valence-corrected chi connectivity index (χ4v) is 0.883. The van der Waals surface area contributed by atoms with Crippen LogP contribution in [0, 0.1) is 5.41 Å². The number of ketones is 2. The number of rotatable bonds is 0. The number of hydrogen-bond acceptors (Lipinski definition) is 3. The first-order valence-electron chi connectivity index (χ1n) is 2.78. The molecule has 0 bridgehead atoms. The first-order chi connectivity index (χ1) is 4.18. The molecule has 1 N–H and O–H groups in total. The highest BCUT2D eigenvalue weighted by molar-refractivity contribution is 6.19. The molecule has 1 saturated carbocycles. The maximum absolute atomic E-state index is 10.5. The van der Waals surface area contributed by atoms with Crippen molar-refractivity contribution in [2.24, 2.45) is 0 Å². The van der Waals surface area contributed by atoms with E-state index in [1.807, 2.05) is 0 Å². The largest absolute Gasteiger partial charge is 0.309 e. The Hall–Kier alpha value is -0.990. The van der Waals surface area contributed by atoms with Crippen molar-refractivity contribution in [3.63, 3.8) is 0 Å². The lowest BCUT2D eigenvalue weighted by Crippen LogP contribution is -2.21. The van der Waals surface area contributed by atoms with Gasteiger partial charge < -0.3 is 5.41 Å². The summed E-state index contributed by atoms with van der Waals surface area (Å²) < 4.78 is 0. The quantitative estimate of drug-likeness (QED) is 0.474. The van der Waals surface area contributed by atoms with E-state index in [0.717, 1.165) is 0 Å². The number of nitrogens with one attached hydrogen (secondary N) is 1. The van der Waals surface area contributed by atoms with Crippen molar-refractivity contribution < 1.29 is 9.59 Å². The van der Waals surface area contributed by atoms with Gasteiger partial charge in [-0.3, -0.25) is 9.59 Å². The Morgan fingerprint density at radius 1 is 1.00 bits per heavy atom. The van der Waals surface area contributed by atoms with Crippen molar-refractivity contribution >= 4 is 17.3 Å². The maximum Gasteiger partial charge on any atom is 0.145 e. The van der Waals surface area contributed by atoms with Gasteiger partial charge in [0.1, 0.15) is 11.6 Å². The van der Waals surface area contributed by atoms with Crippen LogP contribution in [-0.4, -0.2) is 17.3 Å². The zero-order valence-electron chi connectivity index (χ0n) is 4.94. The lowest BCUT2D eigenvalue weighted by Gasteiger charge is -2.07. The van der Waals surface area contributed by atoms with Crippen molar-refractivity contribution in [3.8, 4) is 0 Å². The molecule has 0 spiro atoms. The van der Waals surface area contributed by atoms with Gasteiger partial charge >= 0.3 is 0 Å². The summed E-state index contributed by atoms with van der Waals surface area (Å²) in [6, 6.07) is 0. The van der Waals surface area contributed by atoms with Crippen LogP contribution in [0.3, 0.4) is 0 Å². The van der Waals surface area contributed by atoms with Gasteiger partial charge in [-0.2, -0.15) is 0 Å². The van der Waals surface area contributed by atoms with Crippen LogP contribution in [0.1, 0.15) is 19.3 Å².